The summed E-state index contributed by atoms with van der Waals surface area (Å²) in [6.45, 7) is 0.727. The molecule has 1 aromatic rings. The Kier molecular flexibility index (Phi) is 3.91. The molecule has 1 aromatic heterocycles. The predicted octanol–water partition coefficient (Wildman–Crippen LogP) is 1.98. The predicted molar refractivity (Wildman–Crippen MR) is 88.8 cm³/mol. The topological polar surface area (TPSA) is 93.5 Å². The summed E-state index contributed by atoms with van der Waals surface area (Å²) in [7, 11) is 0. The van der Waals surface area contributed by atoms with Crippen LogP contribution in [0.25, 0.3) is 0 Å². The van der Waals surface area contributed by atoms with Crippen LogP contribution in [-0.4, -0.2) is 34.3 Å². The number of aromatic nitrogens is 2. The van der Waals surface area contributed by atoms with E-state index in [9.17, 15) is 9.59 Å². The van der Waals surface area contributed by atoms with Crippen LogP contribution in [-0.2, 0) is 14.3 Å². The van der Waals surface area contributed by atoms with Crippen molar-refractivity contribution < 1.29 is 14.3 Å². The smallest absolute Gasteiger partial charge is 0.270 e. The summed E-state index contributed by atoms with van der Waals surface area (Å²) < 4.78 is 5.57. The van der Waals surface area contributed by atoms with E-state index in [2.05, 4.69) is 20.5 Å². The molecule has 8 heteroatoms. The Balaban J connectivity index is 1.51. The van der Waals surface area contributed by atoms with Gasteiger partial charge in [-0.15, -0.1) is 10.2 Å². The van der Waals surface area contributed by atoms with Gasteiger partial charge in [0, 0.05) is 18.3 Å². The number of amides is 2. The summed E-state index contributed by atoms with van der Waals surface area (Å²) in [6, 6.07) is 0. The maximum atomic E-state index is 12.6. The number of ether oxygens (including phenoxy) is 1. The van der Waals surface area contributed by atoms with Gasteiger partial charge < -0.3 is 4.74 Å². The lowest BCUT2D eigenvalue weighted by molar-refractivity contribution is -0.116. The minimum atomic E-state index is -0.427. The first-order valence-corrected chi connectivity index (χ1v) is 8.48. The van der Waals surface area contributed by atoms with E-state index in [1.807, 2.05) is 12.2 Å². The summed E-state index contributed by atoms with van der Waals surface area (Å²) in [4.78, 5) is 28.2. The number of allylic oxidation sites excluding steroid dienone is 4. The molecule has 24 heavy (non-hydrogen) atoms. The number of anilines is 1. The minimum Gasteiger partial charge on any atom is -0.371 e. The van der Waals surface area contributed by atoms with Gasteiger partial charge >= 0.3 is 0 Å². The second-order valence-corrected chi connectivity index (χ2v) is 6.61. The zero-order valence-corrected chi connectivity index (χ0v) is 13.5. The number of dihydropyridines is 1. The van der Waals surface area contributed by atoms with Crippen molar-refractivity contribution in [3.63, 3.8) is 0 Å². The van der Waals surface area contributed by atoms with Crippen molar-refractivity contribution in [3.8, 4) is 0 Å². The number of fused-ring (bicyclic) bond motifs is 1. The summed E-state index contributed by atoms with van der Waals surface area (Å²) in [5, 5.41) is 12.0. The van der Waals surface area contributed by atoms with Crippen molar-refractivity contribution >= 4 is 34.0 Å². The molecule has 7 nitrogen and oxygen atoms in total. The summed E-state index contributed by atoms with van der Waals surface area (Å²) in [6.07, 6.45) is 10.4. The first-order chi connectivity index (χ1) is 11.7. The Morgan fingerprint density at radius 1 is 1.33 bits per heavy atom. The molecular formula is C16H14N4O3S. The highest BCUT2D eigenvalue weighted by Crippen LogP contribution is 2.32. The molecule has 3 heterocycles. The van der Waals surface area contributed by atoms with Gasteiger partial charge in [0.15, 0.2) is 0 Å². The van der Waals surface area contributed by atoms with Crippen LogP contribution in [0.15, 0.2) is 40.9 Å². The second-order valence-electron chi connectivity index (χ2n) is 5.60. The van der Waals surface area contributed by atoms with Gasteiger partial charge in [-0.3, -0.25) is 14.9 Å². The quantitative estimate of drug-likeness (QED) is 0.906. The van der Waals surface area contributed by atoms with Gasteiger partial charge in [-0.05, 0) is 18.9 Å². The van der Waals surface area contributed by atoms with Crippen molar-refractivity contribution in [1.29, 1.82) is 0 Å². The maximum absolute atomic E-state index is 12.6. The Morgan fingerprint density at radius 3 is 3.08 bits per heavy atom. The highest BCUT2D eigenvalue weighted by molar-refractivity contribution is 7.15. The van der Waals surface area contributed by atoms with Crippen LogP contribution in [0.1, 0.15) is 24.0 Å². The fourth-order valence-electron chi connectivity index (χ4n) is 2.85. The molecule has 2 unspecified atom stereocenters. The molecule has 0 saturated carbocycles. The number of carbonyl (C=O) groups excluding carboxylic acids is 2. The van der Waals surface area contributed by atoms with Crippen molar-refractivity contribution in [2.45, 2.75) is 18.9 Å². The van der Waals surface area contributed by atoms with E-state index in [1.54, 1.807) is 12.2 Å². The zero-order chi connectivity index (χ0) is 16.5. The van der Waals surface area contributed by atoms with Crippen LogP contribution in [0.5, 0.6) is 0 Å². The van der Waals surface area contributed by atoms with E-state index < -0.39 is 5.91 Å². The van der Waals surface area contributed by atoms with Gasteiger partial charge in [0.2, 0.25) is 5.13 Å². The lowest BCUT2D eigenvalue weighted by Crippen LogP contribution is -2.28. The standard InChI is InChI=1S/C16H14N4O3S/c21-13-8-10(9-4-1-2-5-11(9)17-13)14(22)18-16-20-19-15(24-16)12-6-3-7-23-12/h1-2,4-5,8-9,12H,3,6-7H2,(H,18,20,22). The molecule has 4 rings (SSSR count). The van der Waals surface area contributed by atoms with E-state index in [-0.39, 0.29) is 17.9 Å². The Morgan fingerprint density at radius 2 is 2.25 bits per heavy atom. The molecular weight excluding hydrogens is 328 g/mol. The lowest BCUT2D eigenvalue weighted by atomic mass is 9.87. The summed E-state index contributed by atoms with van der Waals surface area (Å²) >= 11 is 1.30. The maximum Gasteiger partial charge on any atom is 0.270 e. The van der Waals surface area contributed by atoms with Gasteiger partial charge in [0.25, 0.3) is 11.8 Å². The van der Waals surface area contributed by atoms with Crippen LogP contribution in [0.3, 0.4) is 0 Å². The van der Waals surface area contributed by atoms with Gasteiger partial charge in [0.05, 0.1) is 11.6 Å². The molecule has 2 amide bonds. The normalized spacial score (nSPS) is 25.2. The van der Waals surface area contributed by atoms with Gasteiger partial charge in [-0.1, -0.05) is 29.6 Å². The number of hydrogen-bond donors (Lipinski definition) is 1. The molecule has 1 N–H and O–H groups in total. The summed E-state index contributed by atoms with van der Waals surface area (Å²) in [5.41, 5.74) is 0.937. The van der Waals surface area contributed by atoms with E-state index in [1.165, 1.54) is 17.4 Å². The fourth-order valence-corrected chi connectivity index (χ4v) is 3.67. The molecule has 1 fully saturated rings. The van der Waals surface area contributed by atoms with E-state index in [0.717, 1.165) is 24.5 Å². The third-order valence-corrected chi connectivity index (χ3v) is 4.91. The minimum absolute atomic E-state index is 0.0335. The molecule has 1 aliphatic carbocycles. The average Bonchev–Trinajstić information content (AvgIpc) is 3.25. The van der Waals surface area contributed by atoms with E-state index in [4.69, 9.17) is 4.74 Å². The number of hydrogen-bond acceptors (Lipinski definition) is 6. The number of nitrogens with one attached hydrogen (secondary N) is 1. The van der Waals surface area contributed by atoms with Crippen LogP contribution in [0.2, 0.25) is 0 Å². The van der Waals surface area contributed by atoms with Crippen molar-refractivity contribution in [1.82, 2.24) is 10.2 Å². The number of rotatable bonds is 3. The molecule has 0 aromatic carbocycles. The van der Waals surface area contributed by atoms with Crippen molar-refractivity contribution in [2.24, 2.45) is 10.9 Å². The highest BCUT2D eigenvalue weighted by Gasteiger charge is 2.29. The lowest BCUT2D eigenvalue weighted by Gasteiger charge is -2.20. The molecule has 0 radical (unpaired) electrons. The molecule has 1 saturated heterocycles. The molecule has 2 aliphatic heterocycles. The second kappa shape index (κ2) is 6.21. The number of nitrogens with zero attached hydrogens (tertiary/aromatic N) is 3. The van der Waals surface area contributed by atoms with Crippen LogP contribution < -0.4 is 5.32 Å². The van der Waals surface area contributed by atoms with Crippen LogP contribution in [0.4, 0.5) is 5.13 Å². The van der Waals surface area contributed by atoms with Crippen molar-refractivity contribution in [2.75, 3.05) is 11.9 Å². The average molecular weight is 342 g/mol. The molecule has 3 aliphatic rings. The Labute approximate surface area is 141 Å². The first-order valence-electron chi connectivity index (χ1n) is 7.66. The largest absolute Gasteiger partial charge is 0.371 e. The Hall–Kier alpha value is -2.45. The third-order valence-electron chi connectivity index (χ3n) is 3.98. The van der Waals surface area contributed by atoms with Gasteiger partial charge in [-0.2, -0.15) is 0 Å². The van der Waals surface area contributed by atoms with Gasteiger partial charge in [-0.25, -0.2) is 4.99 Å². The fraction of sp³-hybridized carbons (Fsp3) is 0.312. The monoisotopic (exact) mass is 342 g/mol. The first kappa shape index (κ1) is 15.1. The number of aliphatic imine (C=N–C) groups is 1. The van der Waals surface area contributed by atoms with E-state index in [0.29, 0.717) is 16.4 Å². The highest BCUT2D eigenvalue weighted by atomic mass is 32.1. The van der Waals surface area contributed by atoms with Crippen LogP contribution >= 0.6 is 11.3 Å². The number of carbonyl (C=O) groups is 2. The van der Waals surface area contributed by atoms with Crippen molar-refractivity contribution in [3.05, 3.63) is 41.0 Å². The molecule has 0 bridgehead atoms. The zero-order valence-electron chi connectivity index (χ0n) is 12.6. The Bertz CT molecular complexity index is 815. The van der Waals surface area contributed by atoms with E-state index >= 15 is 0 Å². The van der Waals surface area contributed by atoms with Gasteiger partial charge in [0.1, 0.15) is 11.1 Å². The molecule has 2 atom stereocenters. The van der Waals surface area contributed by atoms with Crippen LogP contribution in [0, 0.1) is 5.92 Å². The summed E-state index contributed by atoms with van der Waals surface area (Å²) in [5.74, 6) is -1.10. The SMILES string of the molecule is O=C1C=C(C(=O)Nc2nnc(C3CCCO3)s2)C2C=CC=CC2=N1. The third kappa shape index (κ3) is 2.85. The molecule has 122 valence electrons. The molecule has 0 spiro atoms.